The van der Waals surface area contributed by atoms with Crippen molar-refractivity contribution in [3.63, 3.8) is 0 Å². The lowest BCUT2D eigenvalue weighted by atomic mass is 10.2. The van der Waals surface area contributed by atoms with Gasteiger partial charge in [-0.3, -0.25) is 10.1 Å². The molecule has 0 amide bonds. The standard InChI is InChI=1S/C12H11N3O4/c1-8-3-2-4-10(15(17)18)11(8)19-12-13-5-9(7-16)6-14-12/h2-6,16H,7H2,1H3. The Kier molecular flexibility index (Phi) is 3.67. The summed E-state index contributed by atoms with van der Waals surface area (Å²) in [6.45, 7) is 1.52. The van der Waals surface area contributed by atoms with Gasteiger partial charge in [0.1, 0.15) is 0 Å². The number of para-hydroxylation sites is 1. The van der Waals surface area contributed by atoms with Gasteiger partial charge in [0.25, 0.3) is 0 Å². The lowest BCUT2D eigenvalue weighted by molar-refractivity contribution is -0.385. The van der Waals surface area contributed by atoms with Crippen molar-refractivity contribution in [3.8, 4) is 11.8 Å². The number of hydrogen-bond acceptors (Lipinski definition) is 6. The number of nitro groups is 1. The minimum atomic E-state index is -0.523. The Balaban J connectivity index is 2.34. The second-order valence-electron chi connectivity index (χ2n) is 3.81. The number of benzene rings is 1. The maximum Gasteiger partial charge on any atom is 0.322 e. The van der Waals surface area contributed by atoms with E-state index in [1.807, 2.05) is 0 Å². The summed E-state index contributed by atoms with van der Waals surface area (Å²) in [6.07, 6.45) is 2.79. The smallest absolute Gasteiger partial charge is 0.322 e. The topological polar surface area (TPSA) is 98.4 Å². The van der Waals surface area contributed by atoms with Crippen molar-refractivity contribution in [2.45, 2.75) is 13.5 Å². The highest BCUT2D eigenvalue weighted by Gasteiger charge is 2.18. The molecule has 0 atom stereocenters. The second kappa shape index (κ2) is 5.40. The molecule has 2 aromatic rings. The van der Waals surface area contributed by atoms with Gasteiger partial charge in [0.05, 0.1) is 11.5 Å². The first kappa shape index (κ1) is 12.9. The van der Waals surface area contributed by atoms with Crippen LogP contribution in [0.4, 0.5) is 5.69 Å². The summed E-state index contributed by atoms with van der Waals surface area (Å²) >= 11 is 0. The number of aliphatic hydroxyl groups excluding tert-OH is 1. The highest BCUT2D eigenvalue weighted by atomic mass is 16.6. The summed E-state index contributed by atoms with van der Waals surface area (Å²) in [5.74, 6) is 0.115. The first-order valence-corrected chi connectivity index (χ1v) is 5.45. The van der Waals surface area contributed by atoms with E-state index in [0.29, 0.717) is 11.1 Å². The normalized spacial score (nSPS) is 10.2. The number of aliphatic hydroxyl groups is 1. The largest absolute Gasteiger partial charge is 0.417 e. The van der Waals surface area contributed by atoms with Crippen molar-refractivity contribution in [1.82, 2.24) is 9.97 Å². The molecule has 2 rings (SSSR count). The molecule has 19 heavy (non-hydrogen) atoms. The molecule has 0 saturated carbocycles. The Morgan fingerprint density at radius 3 is 2.63 bits per heavy atom. The zero-order valence-electron chi connectivity index (χ0n) is 10.1. The van der Waals surface area contributed by atoms with Gasteiger partial charge in [-0.2, -0.15) is 0 Å². The molecule has 1 N–H and O–H groups in total. The van der Waals surface area contributed by atoms with Crippen molar-refractivity contribution in [1.29, 1.82) is 0 Å². The Bertz CT molecular complexity index is 598. The van der Waals surface area contributed by atoms with E-state index in [1.165, 1.54) is 18.5 Å². The maximum absolute atomic E-state index is 10.9. The van der Waals surface area contributed by atoms with Crippen LogP contribution >= 0.6 is 0 Å². The Hall–Kier alpha value is -2.54. The monoisotopic (exact) mass is 261 g/mol. The first-order valence-electron chi connectivity index (χ1n) is 5.45. The van der Waals surface area contributed by atoms with E-state index < -0.39 is 4.92 Å². The Morgan fingerprint density at radius 1 is 1.37 bits per heavy atom. The van der Waals surface area contributed by atoms with Crippen LogP contribution in [0.2, 0.25) is 0 Å². The molecular formula is C12H11N3O4. The van der Waals surface area contributed by atoms with Crippen LogP contribution < -0.4 is 4.74 Å². The molecule has 0 aliphatic heterocycles. The maximum atomic E-state index is 10.9. The summed E-state index contributed by atoms with van der Waals surface area (Å²) in [4.78, 5) is 18.1. The van der Waals surface area contributed by atoms with Gasteiger partial charge in [0.15, 0.2) is 0 Å². The fraction of sp³-hybridized carbons (Fsp3) is 0.167. The summed E-state index contributed by atoms with van der Waals surface area (Å²) in [5.41, 5.74) is 1.01. The van der Waals surface area contributed by atoms with Crippen molar-refractivity contribution < 1.29 is 14.8 Å². The number of rotatable bonds is 4. The lowest BCUT2D eigenvalue weighted by Crippen LogP contribution is -1.99. The molecule has 0 bridgehead atoms. The van der Waals surface area contributed by atoms with E-state index in [4.69, 9.17) is 9.84 Å². The van der Waals surface area contributed by atoms with Gasteiger partial charge in [-0.15, -0.1) is 0 Å². The third-order valence-electron chi connectivity index (χ3n) is 2.45. The van der Waals surface area contributed by atoms with Crippen molar-refractivity contribution in [2.75, 3.05) is 0 Å². The second-order valence-corrected chi connectivity index (χ2v) is 3.81. The molecule has 0 aliphatic rings. The van der Waals surface area contributed by atoms with Gasteiger partial charge >= 0.3 is 11.7 Å². The van der Waals surface area contributed by atoms with Gasteiger partial charge in [-0.1, -0.05) is 12.1 Å². The molecule has 98 valence electrons. The summed E-state index contributed by atoms with van der Waals surface area (Å²) in [5, 5.41) is 19.8. The van der Waals surface area contributed by atoms with Crippen LogP contribution in [-0.2, 0) is 6.61 Å². The number of nitro benzene ring substituents is 1. The summed E-state index contributed by atoms with van der Waals surface area (Å²) in [7, 11) is 0. The number of hydrogen-bond donors (Lipinski definition) is 1. The van der Waals surface area contributed by atoms with Gasteiger partial charge in [0, 0.05) is 24.0 Å². The quantitative estimate of drug-likeness (QED) is 0.667. The average Bonchev–Trinajstić information content (AvgIpc) is 2.41. The minimum Gasteiger partial charge on any atom is -0.417 e. The number of aryl methyl sites for hydroxylation is 1. The molecule has 1 aromatic carbocycles. The molecule has 7 heteroatoms. The third-order valence-corrected chi connectivity index (χ3v) is 2.45. The fourth-order valence-electron chi connectivity index (χ4n) is 1.48. The summed E-state index contributed by atoms with van der Waals surface area (Å²) in [6, 6.07) is 4.62. The van der Waals surface area contributed by atoms with E-state index in [2.05, 4.69) is 9.97 Å². The molecular weight excluding hydrogens is 250 g/mol. The SMILES string of the molecule is Cc1cccc([N+](=O)[O-])c1Oc1ncc(CO)cn1. The van der Waals surface area contributed by atoms with E-state index in [1.54, 1.807) is 19.1 Å². The number of nitrogens with zero attached hydrogens (tertiary/aromatic N) is 3. The molecule has 0 saturated heterocycles. The predicted octanol–water partition coefficient (Wildman–Crippen LogP) is 1.98. The van der Waals surface area contributed by atoms with Crippen molar-refractivity contribution in [2.24, 2.45) is 0 Å². The van der Waals surface area contributed by atoms with Gasteiger partial charge in [-0.25, -0.2) is 9.97 Å². The van der Waals surface area contributed by atoms with Crippen LogP contribution in [0.1, 0.15) is 11.1 Å². The van der Waals surface area contributed by atoms with Gasteiger partial charge in [0.2, 0.25) is 5.75 Å². The molecule has 0 spiro atoms. The first-order chi connectivity index (χ1) is 9.11. The van der Waals surface area contributed by atoms with Crippen LogP contribution in [0.25, 0.3) is 0 Å². The van der Waals surface area contributed by atoms with Crippen LogP contribution in [0, 0.1) is 17.0 Å². The Labute approximate surface area is 108 Å². The zero-order valence-corrected chi connectivity index (χ0v) is 10.1. The van der Waals surface area contributed by atoms with E-state index in [0.717, 1.165) is 0 Å². The predicted molar refractivity (Wildman–Crippen MR) is 65.9 cm³/mol. The summed E-state index contributed by atoms with van der Waals surface area (Å²) < 4.78 is 5.36. The Morgan fingerprint density at radius 2 is 2.05 bits per heavy atom. The van der Waals surface area contributed by atoms with Crippen LogP contribution in [0.5, 0.6) is 11.8 Å². The molecule has 0 fully saturated rings. The zero-order chi connectivity index (χ0) is 13.8. The fourth-order valence-corrected chi connectivity index (χ4v) is 1.48. The average molecular weight is 261 g/mol. The van der Waals surface area contributed by atoms with Crippen molar-refractivity contribution in [3.05, 3.63) is 51.8 Å². The molecule has 1 heterocycles. The molecule has 1 aromatic heterocycles. The molecule has 7 nitrogen and oxygen atoms in total. The number of ether oxygens (including phenoxy) is 1. The highest BCUT2D eigenvalue weighted by Crippen LogP contribution is 2.32. The van der Waals surface area contributed by atoms with Crippen LogP contribution in [0.15, 0.2) is 30.6 Å². The minimum absolute atomic E-state index is 0.00500. The molecule has 0 aliphatic carbocycles. The van der Waals surface area contributed by atoms with E-state index in [9.17, 15) is 10.1 Å². The molecule has 0 radical (unpaired) electrons. The van der Waals surface area contributed by atoms with Crippen LogP contribution in [-0.4, -0.2) is 20.0 Å². The lowest BCUT2D eigenvalue weighted by Gasteiger charge is -2.07. The highest BCUT2D eigenvalue weighted by molar-refractivity contribution is 5.52. The van der Waals surface area contributed by atoms with E-state index in [-0.39, 0.29) is 24.1 Å². The molecule has 0 unspecified atom stereocenters. The van der Waals surface area contributed by atoms with Gasteiger partial charge in [-0.05, 0) is 12.5 Å². The number of aromatic nitrogens is 2. The van der Waals surface area contributed by atoms with E-state index >= 15 is 0 Å². The third kappa shape index (κ3) is 2.83. The van der Waals surface area contributed by atoms with Crippen LogP contribution in [0.3, 0.4) is 0 Å². The van der Waals surface area contributed by atoms with Crippen molar-refractivity contribution >= 4 is 5.69 Å². The van der Waals surface area contributed by atoms with Gasteiger partial charge < -0.3 is 9.84 Å².